The molecule has 6 N–H and O–H groups in total. The number of nitrogens with two attached hydrogens (primary N) is 1. The number of benzene rings is 1. The van der Waals surface area contributed by atoms with Gasteiger partial charge in [-0.05, 0) is 31.2 Å². The van der Waals surface area contributed by atoms with E-state index in [9.17, 15) is 22.8 Å². The number of urea groups is 1. The second kappa shape index (κ2) is 14.0. The number of anilines is 2. The van der Waals surface area contributed by atoms with Crippen molar-refractivity contribution in [3.8, 4) is 11.3 Å². The molecule has 0 bridgehead atoms. The van der Waals surface area contributed by atoms with Gasteiger partial charge >= 0.3 is 12.2 Å². The van der Waals surface area contributed by atoms with Gasteiger partial charge in [0, 0.05) is 57.0 Å². The standard InChI is InChI=1S/C25H26ClF3N10O2.CH2O2/c26-18-12-15(2-3-16(18)23(40)37-8-10-38(11-9-37)24(41)32-5-1-4-30)35-21-22-33-14-19(39(22)7-6-31-21)17-13-34-36-20(17)25(27,28)29;2-1-3/h2-3,6-7,12-14H,1,4-5,8-11,30H2,(H,31,35)(H,32,41)(H,34,36);1H,(H,2,3). The predicted octanol–water partition coefficient (Wildman–Crippen LogP) is 3.05. The van der Waals surface area contributed by atoms with Gasteiger partial charge in [0.2, 0.25) is 0 Å². The van der Waals surface area contributed by atoms with Gasteiger partial charge in [-0.1, -0.05) is 11.6 Å². The van der Waals surface area contributed by atoms with E-state index in [0.29, 0.717) is 56.9 Å². The van der Waals surface area contributed by atoms with E-state index in [2.05, 4.69) is 30.8 Å². The maximum absolute atomic E-state index is 13.4. The maximum atomic E-state index is 13.4. The van der Waals surface area contributed by atoms with Gasteiger partial charge in [0.25, 0.3) is 12.4 Å². The monoisotopic (exact) mass is 636 g/mol. The number of amides is 3. The van der Waals surface area contributed by atoms with Crippen molar-refractivity contribution in [3.05, 3.63) is 59.3 Å². The SMILES string of the molecule is NCCCNC(=O)N1CCN(C(=O)c2ccc(Nc3nccn4c(-c5c[nH]nc5C(F)(F)F)cnc34)cc2Cl)CC1.O=CO. The fraction of sp³-hybridized carbons (Fsp3) is 0.308. The Morgan fingerprint density at radius 1 is 1.16 bits per heavy atom. The molecular formula is C26H28ClF3N10O4. The second-order valence-corrected chi connectivity index (χ2v) is 9.74. The lowest BCUT2D eigenvalue weighted by atomic mass is 10.1. The number of piperazine rings is 1. The Labute approximate surface area is 253 Å². The number of imidazole rings is 1. The van der Waals surface area contributed by atoms with Crippen LogP contribution in [0.3, 0.4) is 0 Å². The summed E-state index contributed by atoms with van der Waals surface area (Å²) in [4.78, 5) is 45.6. The number of H-pyrrole nitrogens is 1. The van der Waals surface area contributed by atoms with Gasteiger partial charge in [-0.3, -0.25) is 19.1 Å². The molecule has 44 heavy (non-hydrogen) atoms. The second-order valence-electron chi connectivity index (χ2n) is 9.34. The van der Waals surface area contributed by atoms with Gasteiger partial charge in [0.15, 0.2) is 17.2 Å². The quantitative estimate of drug-likeness (QED) is 0.150. The summed E-state index contributed by atoms with van der Waals surface area (Å²) in [6.07, 6.45) is 1.43. The highest BCUT2D eigenvalue weighted by molar-refractivity contribution is 6.34. The van der Waals surface area contributed by atoms with Crippen molar-refractivity contribution in [3.63, 3.8) is 0 Å². The number of hydrogen-bond acceptors (Lipinski definition) is 8. The molecule has 1 aromatic carbocycles. The normalized spacial score (nSPS) is 13.3. The van der Waals surface area contributed by atoms with Gasteiger partial charge in [-0.25, -0.2) is 14.8 Å². The average molecular weight is 637 g/mol. The molecular weight excluding hydrogens is 609 g/mol. The van der Waals surface area contributed by atoms with Crippen LogP contribution in [0, 0.1) is 0 Å². The Kier molecular flexibility index (Phi) is 10.2. The number of aromatic nitrogens is 5. The number of carbonyl (C=O) groups excluding carboxylic acids is 2. The molecule has 1 fully saturated rings. The van der Waals surface area contributed by atoms with E-state index in [0.717, 1.165) is 6.20 Å². The molecule has 0 aliphatic carbocycles. The molecule has 3 amide bonds. The van der Waals surface area contributed by atoms with Gasteiger partial charge in [0.05, 0.1) is 28.0 Å². The van der Waals surface area contributed by atoms with E-state index in [1.54, 1.807) is 28.0 Å². The Hall–Kier alpha value is -4.90. The zero-order valence-electron chi connectivity index (χ0n) is 23.0. The first kappa shape index (κ1) is 32.0. The Balaban J connectivity index is 0.00000141. The minimum absolute atomic E-state index is 0.152. The smallest absolute Gasteiger partial charge is 0.435 e. The molecule has 1 aliphatic rings. The largest absolute Gasteiger partial charge is 0.483 e. The lowest BCUT2D eigenvalue weighted by molar-refractivity contribution is -0.140. The summed E-state index contributed by atoms with van der Waals surface area (Å²) < 4.78 is 41.6. The summed E-state index contributed by atoms with van der Waals surface area (Å²) >= 11 is 6.48. The first-order valence-electron chi connectivity index (χ1n) is 13.2. The van der Waals surface area contributed by atoms with E-state index >= 15 is 0 Å². The van der Waals surface area contributed by atoms with Crippen LogP contribution in [-0.4, -0.2) is 97.2 Å². The predicted molar refractivity (Wildman–Crippen MR) is 154 cm³/mol. The summed E-state index contributed by atoms with van der Waals surface area (Å²) in [6, 6.07) is 4.60. The van der Waals surface area contributed by atoms with Crippen LogP contribution < -0.4 is 16.4 Å². The Bertz CT molecular complexity index is 1620. The number of halogens is 4. The molecule has 0 saturated carbocycles. The van der Waals surface area contributed by atoms with Crippen LogP contribution in [0.1, 0.15) is 22.5 Å². The third-order valence-electron chi connectivity index (χ3n) is 6.59. The van der Waals surface area contributed by atoms with Crippen LogP contribution in [0.5, 0.6) is 0 Å². The van der Waals surface area contributed by atoms with Gasteiger partial charge in [-0.15, -0.1) is 0 Å². The van der Waals surface area contributed by atoms with Crippen LogP contribution >= 0.6 is 11.6 Å². The molecule has 1 aliphatic heterocycles. The van der Waals surface area contributed by atoms with E-state index in [-0.39, 0.29) is 46.2 Å². The third kappa shape index (κ3) is 7.17. The number of rotatable bonds is 7. The molecule has 0 atom stereocenters. The van der Waals surface area contributed by atoms with Crippen molar-refractivity contribution >= 4 is 47.2 Å². The number of alkyl halides is 3. The highest BCUT2D eigenvalue weighted by atomic mass is 35.5. The molecule has 4 aromatic rings. The highest BCUT2D eigenvalue weighted by Gasteiger charge is 2.37. The molecule has 0 spiro atoms. The van der Waals surface area contributed by atoms with Crippen LogP contribution in [0.15, 0.2) is 43.0 Å². The zero-order chi connectivity index (χ0) is 31.9. The van der Waals surface area contributed by atoms with Crippen molar-refractivity contribution in [1.29, 1.82) is 0 Å². The number of fused-ring (bicyclic) bond motifs is 1. The lowest BCUT2D eigenvalue weighted by Gasteiger charge is -2.35. The summed E-state index contributed by atoms with van der Waals surface area (Å²) in [5.74, 6) is 0.00949. The minimum atomic E-state index is -4.64. The van der Waals surface area contributed by atoms with Crippen molar-refractivity contribution in [2.75, 3.05) is 44.6 Å². The number of aromatic amines is 1. The molecule has 5 rings (SSSR count). The number of carbonyl (C=O) groups is 3. The highest BCUT2D eigenvalue weighted by Crippen LogP contribution is 2.36. The minimum Gasteiger partial charge on any atom is -0.483 e. The molecule has 4 heterocycles. The van der Waals surface area contributed by atoms with Crippen LogP contribution in [0.2, 0.25) is 5.02 Å². The molecule has 3 aromatic heterocycles. The molecule has 0 unspecified atom stereocenters. The average Bonchev–Trinajstić information content (AvgIpc) is 3.66. The van der Waals surface area contributed by atoms with Crippen molar-refractivity contribution in [2.45, 2.75) is 12.6 Å². The number of carboxylic acid groups (broad SMARTS) is 1. The zero-order valence-corrected chi connectivity index (χ0v) is 23.8. The van der Waals surface area contributed by atoms with Crippen LogP contribution in [0.25, 0.3) is 16.9 Å². The summed E-state index contributed by atoms with van der Waals surface area (Å²) in [5, 5.41) is 18.6. The van der Waals surface area contributed by atoms with Crippen molar-refractivity contribution in [1.82, 2.24) is 39.7 Å². The van der Waals surface area contributed by atoms with Crippen molar-refractivity contribution in [2.24, 2.45) is 5.73 Å². The number of nitrogens with one attached hydrogen (secondary N) is 3. The van der Waals surface area contributed by atoms with E-state index < -0.39 is 11.9 Å². The topological polar surface area (TPSA) is 187 Å². The third-order valence-corrected chi connectivity index (χ3v) is 6.90. The Morgan fingerprint density at radius 3 is 2.52 bits per heavy atom. The van der Waals surface area contributed by atoms with E-state index in [1.807, 2.05) is 0 Å². The van der Waals surface area contributed by atoms with Gasteiger partial charge in [-0.2, -0.15) is 18.3 Å². The number of hydrogen-bond donors (Lipinski definition) is 5. The lowest BCUT2D eigenvalue weighted by Crippen LogP contribution is -2.53. The molecule has 1 saturated heterocycles. The molecule has 14 nitrogen and oxygen atoms in total. The van der Waals surface area contributed by atoms with Crippen LogP contribution in [0.4, 0.5) is 29.5 Å². The fourth-order valence-corrected chi connectivity index (χ4v) is 4.76. The van der Waals surface area contributed by atoms with Gasteiger partial charge < -0.3 is 31.3 Å². The molecule has 18 heteroatoms. The van der Waals surface area contributed by atoms with Crippen molar-refractivity contribution < 1.29 is 32.7 Å². The first-order valence-corrected chi connectivity index (χ1v) is 13.6. The summed E-state index contributed by atoms with van der Waals surface area (Å²) in [5.41, 5.74) is 5.50. The fourth-order valence-electron chi connectivity index (χ4n) is 4.50. The van der Waals surface area contributed by atoms with E-state index in [4.69, 9.17) is 27.2 Å². The van der Waals surface area contributed by atoms with Gasteiger partial charge in [0.1, 0.15) is 0 Å². The van der Waals surface area contributed by atoms with E-state index in [1.165, 1.54) is 23.0 Å². The Morgan fingerprint density at radius 2 is 1.86 bits per heavy atom. The van der Waals surface area contributed by atoms with Crippen LogP contribution in [-0.2, 0) is 11.0 Å². The first-order chi connectivity index (χ1) is 21.1. The number of nitrogens with zero attached hydrogens (tertiary/aromatic N) is 6. The maximum Gasteiger partial charge on any atom is 0.435 e. The molecule has 0 radical (unpaired) electrons. The molecule has 234 valence electrons. The summed E-state index contributed by atoms with van der Waals surface area (Å²) in [6.45, 7) is 2.25. The summed E-state index contributed by atoms with van der Waals surface area (Å²) in [7, 11) is 0.